The average Bonchev–Trinajstić information content (AvgIpc) is 2.17. The average molecular weight is 229 g/mol. The van der Waals surface area contributed by atoms with Gasteiger partial charge in [0.2, 0.25) is 0 Å². The van der Waals surface area contributed by atoms with E-state index in [2.05, 4.69) is 25.7 Å². The molecule has 0 aromatic rings. The third kappa shape index (κ3) is 4.40. The van der Waals surface area contributed by atoms with Crippen LogP contribution in [0.5, 0.6) is 0 Å². The van der Waals surface area contributed by atoms with Gasteiger partial charge in [-0.15, -0.1) is 0 Å². The minimum absolute atomic E-state index is 0.337. The molecule has 0 radical (unpaired) electrons. The summed E-state index contributed by atoms with van der Waals surface area (Å²) in [6.07, 6.45) is 2.17. The predicted octanol–water partition coefficient (Wildman–Crippen LogP) is 1.75. The van der Waals surface area contributed by atoms with E-state index in [4.69, 9.17) is 4.74 Å². The van der Waals surface area contributed by atoms with Gasteiger partial charge in [-0.2, -0.15) is 0 Å². The smallest absolute Gasteiger partial charge is 0.0900 e. The van der Waals surface area contributed by atoms with Gasteiger partial charge >= 0.3 is 0 Å². The van der Waals surface area contributed by atoms with E-state index in [1.165, 1.54) is 12.8 Å². The highest BCUT2D eigenvalue weighted by atomic mass is 16.5. The lowest BCUT2D eigenvalue weighted by molar-refractivity contribution is 0.0217. The van der Waals surface area contributed by atoms with E-state index in [0.29, 0.717) is 12.0 Å². The van der Waals surface area contributed by atoms with Crippen LogP contribution in [0.15, 0.2) is 0 Å². The molecule has 3 nitrogen and oxygen atoms in total. The lowest BCUT2D eigenvalue weighted by atomic mass is 9.75. The summed E-state index contributed by atoms with van der Waals surface area (Å²) in [5.41, 5.74) is 0.428. The van der Waals surface area contributed by atoms with E-state index in [9.17, 15) is 5.11 Å². The summed E-state index contributed by atoms with van der Waals surface area (Å²) >= 11 is 0. The highest BCUT2D eigenvalue weighted by molar-refractivity contribution is 4.81. The largest absolute Gasteiger partial charge is 0.389 e. The van der Waals surface area contributed by atoms with Gasteiger partial charge in [-0.05, 0) is 37.3 Å². The molecular formula is C13H27NO2. The fourth-order valence-electron chi connectivity index (χ4n) is 2.52. The topological polar surface area (TPSA) is 32.7 Å². The molecule has 1 fully saturated rings. The van der Waals surface area contributed by atoms with Gasteiger partial charge in [-0.1, -0.05) is 20.8 Å². The number of piperidine rings is 1. The van der Waals surface area contributed by atoms with Crippen molar-refractivity contribution in [3.05, 3.63) is 0 Å². The van der Waals surface area contributed by atoms with Crippen molar-refractivity contribution in [2.75, 3.05) is 33.4 Å². The zero-order valence-electron chi connectivity index (χ0n) is 11.2. The molecule has 1 unspecified atom stereocenters. The zero-order valence-corrected chi connectivity index (χ0v) is 11.2. The van der Waals surface area contributed by atoms with Crippen molar-refractivity contribution in [1.29, 1.82) is 0 Å². The van der Waals surface area contributed by atoms with Crippen LogP contribution in [0.25, 0.3) is 0 Å². The van der Waals surface area contributed by atoms with Gasteiger partial charge in [0.1, 0.15) is 0 Å². The van der Waals surface area contributed by atoms with Gasteiger partial charge in [-0.3, -0.25) is 0 Å². The number of hydrogen-bond acceptors (Lipinski definition) is 3. The Morgan fingerprint density at radius 3 is 2.31 bits per heavy atom. The van der Waals surface area contributed by atoms with Gasteiger partial charge in [-0.25, -0.2) is 0 Å². The Morgan fingerprint density at radius 1 is 1.31 bits per heavy atom. The standard InChI is InChI=1S/C13H27NO2/c1-13(2,3)11-5-7-14(8-6-11)9-12(15)10-16-4/h11-12,15H,5-10H2,1-4H3. The van der Waals surface area contributed by atoms with Crippen molar-refractivity contribution < 1.29 is 9.84 Å². The number of ether oxygens (including phenoxy) is 1. The lowest BCUT2D eigenvalue weighted by Crippen LogP contribution is -2.42. The number of nitrogens with zero attached hydrogens (tertiary/aromatic N) is 1. The number of aliphatic hydroxyl groups excluding tert-OH is 1. The summed E-state index contributed by atoms with van der Waals surface area (Å²) in [6.45, 7) is 10.4. The minimum Gasteiger partial charge on any atom is -0.389 e. The number of likely N-dealkylation sites (tertiary alicyclic amines) is 1. The number of β-amino-alcohol motifs (C(OH)–C–C–N with tert-alkyl or cyclic N) is 1. The van der Waals surface area contributed by atoms with Crippen molar-refractivity contribution in [3.8, 4) is 0 Å². The second kappa shape index (κ2) is 5.99. The molecule has 16 heavy (non-hydrogen) atoms. The fraction of sp³-hybridized carbons (Fsp3) is 1.00. The maximum atomic E-state index is 9.66. The summed E-state index contributed by atoms with van der Waals surface area (Å²) < 4.78 is 4.94. The Kier molecular flexibility index (Phi) is 5.22. The monoisotopic (exact) mass is 229 g/mol. The van der Waals surface area contributed by atoms with E-state index in [-0.39, 0.29) is 6.10 Å². The Morgan fingerprint density at radius 2 is 1.88 bits per heavy atom. The van der Waals surface area contributed by atoms with E-state index >= 15 is 0 Å². The Balaban J connectivity index is 2.27. The minimum atomic E-state index is -0.337. The van der Waals surface area contributed by atoms with Crippen LogP contribution in [0.3, 0.4) is 0 Å². The van der Waals surface area contributed by atoms with Crippen LogP contribution in [0.4, 0.5) is 0 Å². The van der Waals surface area contributed by atoms with Crippen LogP contribution < -0.4 is 0 Å². The Hall–Kier alpha value is -0.120. The van der Waals surface area contributed by atoms with Crippen molar-refractivity contribution in [2.24, 2.45) is 11.3 Å². The molecule has 0 amide bonds. The fourth-order valence-corrected chi connectivity index (χ4v) is 2.52. The first kappa shape index (κ1) is 13.9. The molecule has 0 aromatic heterocycles. The summed E-state index contributed by atoms with van der Waals surface area (Å²) in [6, 6.07) is 0. The lowest BCUT2D eigenvalue weighted by Gasteiger charge is -2.39. The first-order valence-corrected chi connectivity index (χ1v) is 6.33. The van der Waals surface area contributed by atoms with E-state index in [1.807, 2.05) is 0 Å². The Labute approximate surface area is 99.8 Å². The van der Waals surface area contributed by atoms with Crippen LogP contribution >= 0.6 is 0 Å². The number of hydrogen-bond donors (Lipinski definition) is 1. The predicted molar refractivity (Wildman–Crippen MR) is 66.5 cm³/mol. The molecule has 96 valence electrons. The van der Waals surface area contributed by atoms with Gasteiger partial charge in [0.25, 0.3) is 0 Å². The number of aliphatic hydroxyl groups is 1. The third-order valence-electron chi connectivity index (χ3n) is 3.64. The molecule has 3 heteroatoms. The zero-order chi connectivity index (χ0) is 12.2. The van der Waals surface area contributed by atoms with Crippen molar-refractivity contribution in [2.45, 2.75) is 39.7 Å². The van der Waals surface area contributed by atoms with E-state index in [0.717, 1.165) is 25.6 Å². The van der Waals surface area contributed by atoms with Gasteiger partial charge < -0.3 is 14.7 Å². The first-order chi connectivity index (χ1) is 7.43. The molecule has 1 aliphatic rings. The maximum absolute atomic E-state index is 9.66. The van der Waals surface area contributed by atoms with Crippen LogP contribution in [-0.4, -0.2) is 49.5 Å². The molecule has 1 atom stereocenters. The molecule has 0 aliphatic carbocycles. The molecule has 1 heterocycles. The molecule has 0 saturated carbocycles. The van der Waals surface area contributed by atoms with E-state index in [1.54, 1.807) is 7.11 Å². The molecular weight excluding hydrogens is 202 g/mol. The second-order valence-corrected chi connectivity index (χ2v) is 6.05. The summed E-state index contributed by atoms with van der Waals surface area (Å²) in [5.74, 6) is 0.823. The molecule has 0 spiro atoms. The summed E-state index contributed by atoms with van der Waals surface area (Å²) in [7, 11) is 1.63. The van der Waals surface area contributed by atoms with Crippen molar-refractivity contribution >= 4 is 0 Å². The first-order valence-electron chi connectivity index (χ1n) is 6.33. The van der Waals surface area contributed by atoms with Gasteiger partial charge in [0.15, 0.2) is 0 Å². The van der Waals surface area contributed by atoms with Crippen molar-refractivity contribution in [1.82, 2.24) is 4.90 Å². The van der Waals surface area contributed by atoms with Crippen LogP contribution in [0.2, 0.25) is 0 Å². The normalized spacial score (nSPS) is 22.3. The molecule has 0 bridgehead atoms. The molecule has 0 aromatic carbocycles. The third-order valence-corrected chi connectivity index (χ3v) is 3.64. The summed E-state index contributed by atoms with van der Waals surface area (Å²) in [5, 5.41) is 9.66. The molecule has 1 aliphatic heterocycles. The van der Waals surface area contributed by atoms with Crippen molar-refractivity contribution in [3.63, 3.8) is 0 Å². The molecule has 1 rings (SSSR count). The SMILES string of the molecule is COCC(O)CN1CCC(C(C)(C)C)CC1. The number of methoxy groups -OCH3 is 1. The quantitative estimate of drug-likeness (QED) is 0.797. The van der Waals surface area contributed by atoms with Crippen LogP contribution in [0.1, 0.15) is 33.6 Å². The van der Waals surface area contributed by atoms with Gasteiger partial charge in [0, 0.05) is 13.7 Å². The Bertz CT molecular complexity index is 193. The van der Waals surface area contributed by atoms with Gasteiger partial charge in [0.05, 0.1) is 12.7 Å². The molecule has 1 N–H and O–H groups in total. The van der Waals surface area contributed by atoms with Crippen LogP contribution in [0, 0.1) is 11.3 Å². The maximum Gasteiger partial charge on any atom is 0.0900 e. The molecule has 1 saturated heterocycles. The van der Waals surface area contributed by atoms with Crippen LogP contribution in [-0.2, 0) is 4.74 Å². The highest BCUT2D eigenvalue weighted by Gasteiger charge is 2.29. The number of rotatable bonds is 4. The highest BCUT2D eigenvalue weighted by Crippen LogP contribution is 2.34. The second-order valence-electron chi connectivity index (χ2n) is 6.05. The van der Waals surface area contributed by atoms with E-state index < -0.39 is 0 Å². The summed E-state index contributed by atoms with van der Waals surface area (Å²) in [4.78, 5) is 2.35.